The lowest BCUT2D eigenvalue weighted by atomic mass is 9.72. The van der Waals surface area contributed by atoms with Gasteiger partial charge in [-0.1, -0.05) is 46.0 Å². The second-order valence-electron chi connectivity index (χ2n) is 7.32. The molecule has 0 spiro atoms. The fourth-order valence-corrected chi connectivity index (χ4v) is 4.21. The molecule has 0 heterocycles. The molecule has 2 unspecified atom stereocenters. The predicted molar refractivity (Wildman–Crippen MR) is 83.3 cm³/mol. The zero-order chi connectivity index (χ0) is 14.6. The van der Waals surface area contributed by atoms with E-state index in [2.05, 4.69) is 19.2 Å². The van der Waals surface area contributed by atoms with Gasteiger partial charge in [-0.2, -0.15) is 0 Å². The molecule has 20 heavy (non-hydrogen) atoms. The van der Waals surface area contributed by atoms with Crippen LogP contribution in [0.15, 0.2) is 0 Å². The van der Waals surface area contributed by atoms with Crippen LogP contribution in [0, 0.1) is 17.3 Å². The number of nitrogens with one attached hydrogen (secondary N) is 1. The summed E-state index contributed by atoms with van der Waals surface area (Å²) in [6.07, 6.45) is 10.5. The Kier molecular flexibility index (Phi) is 5.48. The number of rotatable bonds is 4. The van der Waals surface area contributed by atoms with Gasteiger partial charge in [0.2, 0.25) is 5.91 Å². The van der Waals surface area contributed by atoms with Gasteiger partial charge in [0, 0.05) is 12.6 Å². The number of carbonyl (C=O) groups is 1. The van der Waals surface area contributed by atoms with Crippen LogP contribution in [0.2, 0.25) is 0 Å². The smallest absolute Gasteiger partial charge is 0.227 e. The molecule has 0 saturated heterocycles. The topological polar surface area (TPSA) is 55.1 Å². The summed E-state index contributed by atoms with van der Waals surface area (Å²) in [5.41, 5.74) is 5.71. The maximum atomic E-state index is 12.8. The fourth-order valence-electron chi connectivity index (χ4n) is 4.21. The van der Waals surface area contributed by atoms with Gasteiger partial charge in [0.05, 0.1) is 5.41 Å². The molecule has 2 aliphatic rings. The van der Waals surface area contributed by atoms with Gasteiger partial charge in [-0.3, -0.25) is 4.79 Å². The summed E-state index contributed by atoms with van der Waals surface area (Å²) in [4.78, 5) is 12.8. The number of hydrogen-bond donors (Lipinski definition) is 2. The second kappa shape index (κ2) is 6.93. The maximum absolute atomic E-state index is 12.8. The molecule has 3 nitrogen and oxygen atoms in total. The van der Waals surface area contributed by atoms with Crippen LogP contribution in [0.5, 0.6) is 0 Å². The highest BCUT2D eigenvalue weighted by Crippen LogP contribution is 2.37. The highest BCUT2D eigenvalue weighted by atomic mass is 16.2. The minimum atomic E-state index is -0.267. The molecule has 2 saturated carbocycles. The quantitative estimate of drug-likeness (QED) is 0.830. The molecule has 0 bridgehead atoms. The monoisotopic (exact) mass is 280 g/mol. The molecule has 3 heteroatoms. The van der Waals surface area contributed by atoms with Crippen LogP contribution < -0.4 is 11.1 Å². The highest BCUT2D eigenvalue weighted by molar-refractivity contribution is 5.83. The first-order chi connectivity index (χ1) is 9.59. The fraction of sp³-hybridized carbons (Fsp3) is 0.941. The largest absolute Gasteiger partial charge is 0.353 e. The number of amides is 1. The van der Waals surface area contributed by atoms with E-state index in [9.17, 15) is 4.79 Å². The van der Waals surface area contributed by atoms with E-state index in [1.807, 2.05) is 0 Å². The van der Waals surface area contributed by atoms with Crippen molar-refractivity contribution in [3.63, 3.8) is 0 Å². The Balaban J connectivity index is 2.01. The molecule has 0 radical (unpaired) electrons. The first kappa shape index (κ1) is 15.8. The summed E-state index contributed by atoms with van der Waals surface area (Å²) in [5.74, 6) is 1.55. The standard InChI is InChI=1S/C17H32N2O/c1-13(2)14-8-4-5-9-15(14)19-16(20)17(12-18)10-6-3-7-11-17/h13-15H,3-12,18H2,1-2H3,(H,19,20). The average Bonchev–Trinajstić information content (AvgIpc) is 2.48. The molecule has 2 rings (SSSR count). The van der Waals surface area contributed by atoms with Crippen molar-refractivity contribution in [3.8, 4) is 0 Å². The third kappa shape index (κ3) is 3.36. The van der Waals surface area contributed by atoms with Crippen LogP contribution in [0.1, 0.15) is 71.6 Å². The van der Waals surface area contributed by atoms with Crippen molar-refractivity contribution in [1.29, 1.82) is 0 Å². The number of carbonyl (C=O) groups excluding carboxylic acids is 1. The van der Waals surface area contributed by atoms with Gasteiger partial charge >= 0.3 is 0 Å². The molecule has 0 aromatic heterocycles. The first-order valence-corrected chi connectivity index (χ1v) is 8.60. The van der Waals surface area contributed by atoms with Crippen molar-refractivity contribution >= 4 is 5.91 Å². The SMILES string of the molecule is CC(C)C1CCCCC1NC(=O)C1(CN)CCCCC1. The van der Waals surface area contributed by atoms with Crippen molar-refractivity contribution in [2.45, 2.75) is 77.7 Å². The Hall–Kier alpha value is -0.570. The minimum absolute atomic E-state index is 0.247. The Morgan fingerprint density at radius 3 is 2.40 bits per heavy atom. The molecular weight excluding hydrogens is 248 g/mol. The number of nitrogens with two attached hydrogens (primary N) is 1. The van der Waals surface area contributed by atoms with Gasteiger partial charge in [-0.05, 0) is 37.5 Å². The van der Waals surface area contributed by atoms with Crippen LogP contribution in [0.3, 0.4) is 0 Å². The third-order valence-electron chi connectivity index (χ3n) is 5.68. The van der Waals surface area contributed by atoms with Gasteiger partial charge < -0.3 is 11.1 Å². The van der Waals surface area contributed by atoms with Crippen LogP contribution >= 0.6 is 0 Å². The summed E-state index contributed by atoms with van der Waals surface area (Å²) in [7, 11) is 0. The molecule has 0 aliphatic heterocycles. The van der Waals surface area contributed by atoms with E-state index in [1.54, 1.807) is 0 Å². The summed E-state index contributed by atoms with van der Waals surface area (Å²) in [5, 5.41) is 3.39. The first-order valence-electron chi connectivity index (χ1n) is 8.60. The van der Waals surface area contributed by atoms with Crippen molar-refractivity contribution in [2.24, 2.45) is 23.0 Å². The Morgan fingerprint density at radius 2 is 1.80 bits per heavy atom. The minimum Gasteiger partial charge on any atom is -0.353 e. The summed E-state index contributed by atoms with van der Waals surface area (Å²) in [6.45, 7) is 5.08. The highest BCUT2D eigenvalue weighted by Gasteiger charge is 2.40. The maximum Gasteiger partial charge on any atom is 0.227 e. The molecule has 2 fully saturated rings. The van der Waals surface area contributed by atoms with Gasteiger partial charge in [0.1, 0.15) is 0 Å². The van der Waals surface area contributed by atoms with E-state index in [4.69, 9.17) is 5.73 Å². The molecule has 2 atom stereocenters. The normalized spacial score (nSPS) is 30.2. The van der Waals surface area contributed by atoms with Crippen LogP contribution in [0.25, 0.3) is 0 Å². The Bertz CT molecular complexity index is 321. The number of hydrogen-bond acceptors (Lipinski definition) is 2. The van der Waals surface area contributed by atoms with Crippen molar-refractivity contribution in [2.75, 3.05) is 6.54 Å². The lowest BCUT2D eigenvalue weighted by molar-refractivity contribution is -0.134. The second-order valence-corrected chi connectivity index (χ2v) is 7.32. The average molecular weight is 280 g/mol. The molecule has 2 aliphatic carbocycles. The van der Waals surface area contributed by atoms with E-state index < -0.39 is 0 Å². The van der Waals surface area contributed by atoms with Gasteiger partial charge in [0.25, 0.3) is 0 Å². The van der Waals surface area contributed by atoms with Crippen LogP contribution in [-0.2, 0) is 4.79 Å². The molecule has 3 N–H and O–H groups in total. The van der Waals surface area contributed by atoms with E-state index in [-0.39, 0.29) is 11.3 Å². The van der Waals surface area contributed by atoms with Gasteiger partial charge in [0.15, 0.2) is 0 Å². The molecule has 0 aromatic rings. The summed E-state index contributed by atoms with van der Waals surface area (Å²) >= 11 is 0. The molecule has 1 amide bonds. The van der Waals surface area contributed by atoms with Crippen molar-refractivity contribution in [1.82, 2.24) is 5.32 Å². The van der Waals surface area contributed by atoms with E-state index >= 15 is 0 Å². The van der Waals surface area contributed by atoms with Crippen LogP contribution in [-0.4, -0.2) is 18.5 Å². The van der Waals surface area contributed by atoms with Gasteiger partial charge in [-0.15, -0.1) is 0 Å². The predicted octanol–water partition coefficient (Wildman–Crippen LogP) is 3.23. The molecule has 0 aromatic carbocycles. The summed E-state index contributed by atoms with van der Waals surface area (Å²) in [6, 6.07) is 0.376. The Morgan fingerprint density at radius 1 is 1.15 bits per heavy atom. The molecular formula is C17H32N2O. The zero-order valence-electron chi connectivity index (χ0n) is 13.3. The van der Waals surface area contributed by atoms with Crippen molar-refractivity contribution < 1.29 is 4.79 Å². The van der Waals surface area contributed by atoms with E-state index in [0.29, 0.717) is 24.4 Å². The van der Waals surface area contributed by atoms with E-state index in [1.165, 1.54) is 25.7 Å². The van der Waals surface area contributed by atoms with E-state index in [0.717, 1.165) is 32.1 Å². The van der Waals surface area contributed by atoms with Crippen LogP contribution in [0.4, 0.5) is 0 Å². The lowest BCUT2D eigenvalue weighted by Crippen LogP contribution is -2.53. The van der Waals surface area contributed by atoms with Crippen molar-refractivity contribution in [3.05, 3.63) is 0 Å². The third-order valence-corrected chi connectivity index (χ3v) is 5.68. The molecule has 116 valence electrons. The zero-order valence-corrected chi connectivity index (χ0v) is 13.3. The van der Waals surface area contributed by atoms with Gasteiger partial charge in [-0.25, -0.2) is 0 Å². The summed E-state index contributed by atoms with van der Waals surface area (Å²) < 4.78 is 0. The lowest BCUT2D eigenvalue weighted by Gasteiger charge is -2.40. The Labute approximate surface area is 124 Å².